The van der Waals surface area contributed by atoms with Crippen molar-refractivity contribution < 1.29 is 5.11 Å². The van der Waals surface area contributed by atoms with E-state index in [1.54, 1.807) is 18.3 Å². The lowest BCUT2D eigenvalue weighted by atomic mass is 10.4. The molecule has 2 aromatic rings. The Hall–Kier alpha value is -1.55. The molecule has 0 amide bonds. The lowest BCUT2D eigenvalue weighted by Crippen LogP contribution is -2.07. The highest BCUT2D eigenvalue weighted by molar-refractivity contribution is 7.98. The number of aliphatic hydroxyl groups excluding tert-OH is 1. The number of aliphatic hydroxyl groups is 1. The molecule has 0 atom stereocenters. The van der Waals surface area contributed by atoms with Crippen LogP contribution in [0.2, 0.25) is 0 Å². The van der Waals surface area contributed by atoms with Crippen molar-refractivity contribution >= 4 is 23.1 Å². The number of aryl methyl sites for hydroxylation is 1. The van der Waals surface area contributed by atoms with Crippen LogP contribution in [0.1, 0.15) is 21.9 Å². The summed E-state index contributed by atoms with van der Waals surface area (Å²) in [5.41, 5.74) is 0.597. The Balaban J connectivity index is 1.98. The first-order chi connectivity index (χ1) is 9.67. The molecule has 0 unspecified atom stereocenters. The maximum atomic E-state index is 11.3. The summed E-state index contributed by atoms with van der Waals surface area (Å²) in [6, 6.07) is 5.47. The van der Waals surface area contributed by atoms with Gasteiger partial charge in [0.25, 0.3) is 5.56 Å². The van der Waals surface area contributed by atoms with Crippen LogP contribution in [0.15, 0.2) is 28.2 Å². The van der Waals surface area contributed by atoms with E-state index in [4.69, 9.17) is 5.11 Å². The molecular weight excluding hydrogens is 292 g/mol. The first-order valence-corrected chi connectivity index (χ1v) is 7.87. The Morgan fingerprint density at radius 1 is 1.50 bits per heavy atom. The third-order valence-corrected chi connectivity index (χ3v) is 4.41. The quantitative estimate of drug-likeness (QED) is 0.516. The molecule has 0 bridgehead atoms. The molecule has 2 aromatic heterocycles. The maximum Gasteiger partial charge on any atom is 0.251 e. The second-order valence-electron chi connectivity index (χ2n) is 4.02. The van der Waals surface area contributed by atoms with Gasteiger partial charge in [-0.25, -0.2) is 4.98 Å². The molecular formula is C14H14N2O2S2. The molecule has 0 aliphatic carbocycles. The molecule has 0 fully saturated rings. The van der Waals surface area contributed by atoms with Crippen LogP contribution in [-0.4, -0.2) is 21.7 Å². The molecule has 4 nitrogen and oxygen atoms in total. The smallest absolute Gasteiger partial charge is 0.251 e. The van der Waals surface area contributed by atoms with E-state index < -0.39 is 0 Å². The van der Waals surface area contributed by atoms with Crippen LogP contribution in [0.25, 0.3) is 0 Å². The van der Waals surface area contributed by atoms with Crippen molar-refractivity contribution in [2.75, 3.05) is 6.61 Å². The van der Waals surface area contributed by atoms with E-state index in [-0.39, 0.29) is 12.2 Å². The van der Waals surface area contributed by atoms with Crippen molar-refractivity contribution in [1.29, 1.82) is 0 Å². The fourth-order valence-electron chi connectivity index (χ4n) is 1.49. The van der Waals surface area contributed by atoms with Gasteiger partial charge in [-0.3, -0.25) is 4.79 Å². The summed E-state index contributed by atoms with van der Waals surface area (Å²) in [5.74, 6) is 6.65. The minimum atomic E-state index is -0.123. The Kier molecular flexibility index (Phi) is 5.41. The monoisotopic (exact) mass is 306 g/mol. The molecule has 20 heavy (non-hydrogen) atoms. The number of aromatic nitrogens is 2. The van der Waals surface area contributed by atoms with Crippen LogP contribution >= 0.6 is 23.1 Å². The van der Waals surface area contributed by atoms with E-state index in [1.165, 1.54) is 22.7 Å². The highest BCUT2D eigenvalue weighted by Gasteiger charge is 2.02. The standard InChI is InChI=1S/C14H14N2O2S2/c1-10-8-13(18)16-14(15-10)19-9-12-6-5-11(20-12)4-2-3-7-17/h5-6,8,17H,3,7,9H2,1H3,(H,15,16,18). The number of nitrogens with zero attached hydrogens (tertiary/aromatic N) is 1. The first-order valence-electron chi connectivity index (χ1n) is 6.06. The minimum Gasteiger partial charge on any atom is -0.395 e. The molecule has 0 spiro atoms. The fourth-order valence-corrected chi connectivity index (χ4v) is 3.33. The molecule has 0 aliphatic rings. The molecule has 0 aromatic carbocycles. The number of thioether (sulfide) groups is 1. The molecule has 6 heteroatoms. The van der Waals surface area contributed by atoms with Crippen molar-refractivity contribution in [3.63, 3.8) is 0 Å². The predicted molar refractivity (Wildman–Crippen MR) is 82.1 cm³/mol. The normalized spacial score (nSPS) is 10.1. The lowest BCUT2D eigenvalue weighted by Gasteiger charge is -1.99. The number of aromatic amines is 1. The average Bonchev–Trinajstić information content (AvgIpc) is 2.84. The van der Waals surface area contributed by atoms with Crippen molar-refractivity contribution in [3.8, 4) is 11.8 Å². The van der Waals surface area contributed by atoms with E-state index in [2.05, 4.69) is 21.8 Å². The van der Waals surface area contributed by atoms with Gasteiger partial charge in [-0.15, -0.1) is 11.3 Å². The van der Waals surface area contributed by atoms with Crippen LogP contribution in [-0.2, 0) is 5.75 Å². The van der Waals surface area contributed by atoms with Gasteiger partial charge in [0.1, 0.15) is 0 Å². The zero-order valence-electron chi connectivity index (χ0n) is 11.0. The number of rotatable bonds is 4. The molecule has 104 valence electrons. The van der Waals surface area contributed by atoms with Gasteiger partial charge >= 0.3 is 0 Å². The Morgan fingerprint density at radius 2 is 2.35 bits per heavy atom. The first kappa shape index (κ1) is 14.9. The summed E-state index contributed by atoms with van der Waals surface area (Å²) >= 11 is 3.11. The number of hydrogen-bond donors (Lipinski definition) is 2. The highest BCUT2D eigenvalue weighted by Crippen LogP contribution is 2.24. The van der Waals surface area contributed by atoms with Crippen molar-refractivity contribution in [2.24, 2.45) is 0 Å². The van der Waals surface area contributed by atoms with Gasteiger partial charge in [0.2, 0.25) is 0 Å². The van der Waals surface area contributed by atoms with Gasteiger partial charge in [-0.2, -0.15) is 0 Å². The van der Waals surface area contributed by atoms with Crippen LogP contribution in [0, 0.1) is 18.8 Å². The molecule has 2 rings (SSSR count). The number of hydrogen-bond acceptors (Lipinski definition) is 5. The summed E-state index contributed by atoms with van der Waals surface area (Å²) in [6.45, 7) is 1.90. The van der Waals surface area contributed by atoms with Crippen LogP contribution < -0.4 is 5.56 Å². The summed E-state index contributed by atoms with van der Waals surface area (Å²) in [6.07, 6.45) is 0.496. The zero-order chi connectivity index (χ0) is 14.4. The third kappa shape index (κ3) is 4.53. The van der Waals surface area contributed by atoms with Crippen LogP contribution in [0.5, 0.6) is 0 Å². The van der Waals surface area contributed by atoms with Gasteiger partial charge in [-0.1, -0.05) is 23.6 Å². The average molecular weight is 306 g/mol. The van der Waals surface area contributed by atoms with E-state index >= 15 is 0 Å². The zero-order valence-corrected chi connectivity index (χ0v) is 12.6. The van der Waals surface area contributed by atoms with Gasteiger partial charge in [0.15, 0.2) is 5.16 Å². The topological polar surface area (TPSA) is 66.0 Å². The molecule has 0 saturated carbocycles. The summed E-state index contributed by atoms with van der Waals surface area (Å²) in [5, 5.41) is 9.30. The Bertz CT molecular complexity index is 695. The molecule has 2 heterocycles. The van der Waals surface area contributed by atoms with E-state index in [1.807, 2.05) is 12.1 Å². The summed E-state index contributed by atoms with van der Waals surface area (Å²) in [4.78, 5) is 20.5. The Labute approximate surface area is 125 Å². The second kappa shape index (κ2) is 7.29. The largest absolute Gasteiger partial charge is 0.395 e. The van der Waals surface area contributed by atoms with E-state index in [9.17, 15) is 4.79 Å². The highest BCUT2D eigenvalue weighted by atomic mass is 32.2. The van der Waals surface area contributed by atoms with Crippen molar-refractivity contribution in [2.45, 2.75) is 24.3 Å². The SMILES string of the molecule is Cc1cc(=O)[nH]c(SCc2ccc(C#CCCO)s2)n1. The number of nitrogens with one attached hydrogen (secondary N) is 1. The second-order valence-corrected chi connectivity index (χ2v) is 6.15. The third-order valence-electron chi connectivity index (χ3n) is 2.31. The van der Waals surface area contributed by atoms with Gasteiger partial charge in [0.05, 0.1) is 11.5 Å². The van der Waals surface area contributed by atoms with Crippen LogP contribution in [0.3, 0.4) is 0 Å². The minimum absolute atomic E-state index is 0.0907. The molecule has 0 radical (unpaired) electrons. The number of H-pyrrole nitrogens is 1. The molecule has 0 saturated heterocycles. The predicted octanol–water partition coefficient (Wildman–Crippen LogP) is 2.17. The van der Waals surface area contributed by atoms with Crippen LogP contribution in [0.4, 0.5) is 0 Å². The van der Waals surface area contributed by atoms with E-state index in [0.717, 1.165) is 16.3 Å². The summed E-state index contributed by atoms with van der Waals surface area (Å²) < 4.78 is 0. The maximum absolute atomic E-state index is 11.3. The van der Waals surface area contributed by atoms with Gasteiger partial charge in [0, 0.05) is 28.8 Å². The lowest BCUT2D eigenvalue weighted by molar-refractivity contribution is 0.305. The molecule has 0 aliphatic heterocycles. The van der Waals surface area contributed by atoms with Gasteiger partial charge < -0.3 is 10.1 Å². The molecule has 2 N–H and O–H groups in total. The fraction of sp³-hybridized carbons (Fsp3) is 0.286. The summed E-state index contributed by atoms with van der Waals surface area (Å²) in [7, 11) is 0. The van der Waals surface area contributed by atoms with Gasteiger partial charge in [-0.05, 0) is 19.1 Å². The Morgan fingerprint density at radius 3 is 3.10 bits per heavy atom. The van der Waals surface area contributed by atoms with Crippen molar-refractivity contribution in [3.05, 3.63) is 44.0 Å². The number of thiophene rings is 1. The van der Waals surface area contributed by atoms with E-state index in [0.29, 0.717) is 11.6 Å². The van der Waals surface area contributed by atoms with Crippen molar-refractivity contribution in [1.82, 2.24) is 9.97 Å².